The van der Waals surface area contributed by atoms with Crippen LogP contribution in [0.4, 0.5) is 13.2 Å². The number of rotatable bonds is 4. The van der Waals surface area contributed by atoms with Crippen molar-refractivity contribution in [3.05, 3.63) is 30.2 Å². The van der Waals surface area contributed by atoms with Gasteiger partial charge in [0.05, 0.1) is 5.56 Å². The van der Waals surface area contributed by atoms with Crippen LogP contribution in [0.3, 0.4) is 0 Å². The normalized spacial score (nSPS) is 13.3. The number of alkyl halides is 3. The molecule has 0 radical (unpaired) electrons. The van der Waals surface area contributed by atoms with Crippen LogP contribution < -0.4 is 0 Å². The molecule has 0 fully saturated rings. The Balaban J connectivity index is 2.26. The Morgan fingerprint density at radius 3 is 2.54 bits per heavy atom. The van der Waals surface area contributed by atoms with Gasteiger partial charge >= 0.3 is 6.18 Å². The monoisotopic (exact) mass is 383 g/mol. The van der Waals surface area contributed by atoms with Crippen LogP contribution in [-0.2, 0) is 31.4 Å². The second-order valence-corrected chi connectivity index (χ2v) is 7.24. The zero-order valence-corrected chi connectivity index (χ0v) is 15.1. The van der Waals surface area contributed by atoms with Gasteiger partial charge in [0.1, 0.15) is 17.1 Å². The van der Waals surface area contributed by atoms with Crippen molar-refractivity contribution in [3.63, 3.8) is 0 Å². The van der Waals surface area contributed by atoms with Gasteiger partial charge < -0.3 is 9.12 Å². The van der Waals surface area contributed by atoms with Crippen molar-refractivity contribution in [2.75, 3.05) is 5.75 Å². The number of aryl methyl sites for hydroxylation is 1. The number of hydrogen-bond donors (Lipinski definition) is 0. The van der Waals surface area contributed by atoms with Gasteiger partial charge in [-0.15, -0.1) is 0 Å². The lowest BCUT2D eigenvalue weighted by Gasteiger charge is -2.10. The van der Waals surface area contributed by atoms with Gasteiger partial charge in [-0.2, -0.15) is 13.2 Å². The van der Waals surface area contributed by atoms with Crippen molar-refractivity contribution >= 4 is 28.4 Å². The number of fused-ring (bicyclic) bond motifs is 1. The maximum atomic E-state index is 12.9. The van der Waals surface area contributed by atoms with E-state index >= 15 is 0 Å². The fraction of sp³-hybridized carbons (Fsp3) is 0.312. The molecule has 10 heteroatoms. The first-order valence-corrected chi connectivity index (χ1v) is 8.98. The number of aromatic nitrogens is 5. The first-order chi connectivity index (χ1) is 12.2. The summed E-state index contributed by atoms with van der Waals surface area (Å²) in [6.45, 7) is 5.45. The summed E-state index contributed by atoms with van der Waals surface area (Å²) < 4.78 is 54.4. The molecule has 3 rings (SSSR count). The van der Waals surface area contributed by atoms with Crippen LogP contribution in [0.5, 0.6) is 0 Å². The Bertz CT molecular complexity index is 992. The third-order valence-corrected chi connectivity index (χ3v) is 5.41. The van der Waals surface area contributed by atoms with Gasteiger partial charge in [-0.25, -0.2) is 15.0 Å². The fourth-order valence-electron chi connectivity index (χ4n) is 2.67. The summed E-state index contributed by atoms with van der Waals surface area (Å²) in [4.78, 5) is 12.6. The second-order valence-electron chi connectivity index (χ2n) is 5.58. The third kappa shape index (κ3) is 2.88. The SMILES string of the molecule is C=Cc1nc(-c2nc3cc(C(F)(F)F)cnc3n2C)c([S+]([O-])CC)n1C. The Morgan fingerprint density at radius 1 is 1.27 bits per heavy atom. The summed E-state index contributed by atoms with van der Waals surface area (Å²) >= 11 is -1.34. The van der Waals surface area contributed by atoms with Gasteiger partial charge in [0.25, 0.3) is 5.03 Å². The zero-order chi connectivity index (χ0) is 19.2. The van der Waals surface area contributed by atoms with Crippen LogP contribution in [0.25, 0.3) is 28.8 Å². The van der Waals surface area contributed by atoms with Crippen molar-refractivity contribution < 1.29 is 17.7 Å². The predicted octanol–water partition coefficient (Wildman–Crippen LogP) is 3.16. The number of halogens is 3. The highest BCUT2D eigenvalue weighted by Gasteiger charge is 2.33. The van der Waals surface area contributed by atoms with Crippen LogP contribution in [-0.4, -0.2) is 34.4 Å². The minimum absolute atomic E-state index is 0.0939. The van der Waals surface area contributed by atoms with Crippen LogP contribution >= 0.6 is 0 Å². The predicted molar refractivity (Wildman–Crippen MR) is 92.8 cm³/mol. The standard InChI is InChI=1S/C16H16F3N5OS/c1-5-11-22-12(15(23(11)3)26(25)6-2)14-21-10-7-9(16(17,18)19)8-20-13(10)24(14)4/h5,7-8H,1,6H2,2-4H3. The molecule has 0 N–H and O–H groups in total. The molecule has 0 saturated heterocycles. The van der Waals surface area contributed by atoms with E-state index in [0.29, 0.717) is 28.1 Å². The molecule has 0 aliphatic heterocycles. The van der Waals surface area contributed by atoms with Crippen LogP contribution in [0.15, 0.2) is 23.9 Å². The third-order valence-electron chi connectivity index (χ3n) is 3.99. The van der Waals surface area contributed by atoms with Crippen LogP contribution in [0, 0.1) is 0 Å². The molecule has 3 aromatic heterocycles. The Kier molecular flexibility index (Phi) is 4.57. The van der Waals surface area contributed by atoms with E-state index in [1.807, 2.05) is 0 Å². The summed E-state index contributed by atoms with van der Waals surface area (Å²) in [6, 6.07) is 0.944. The first kappa shape index (κ1) is 18.5. The van der Waals surface area contributed by atoms with Gasteiger partial charge in [-0.1, -0.05) is 6.58 Å². The number of hydrogen-bond acceptors (Lipinski definition) is 4. The molecule has 3 heterocycles. The summed E-state index contributed by atoms with van der Waals surface area (Å²) in [5.74, 6) is 1.16. The molecule has 0 amide bonds. The Morgan fingerprint density at radius 2 is 1.96 bits per heavy atom. The van der Waals surface area contributed by atoms with Crippen molar-refractivity contribution in [1.29, 1.82) is 0 Å². The van der Waals surface area contributed by atoms with Crippen LogP contribution in [0.2, 0.25) is 0 Å². The number of imidazole rings is 2. The summed E-state index contributed by atoms with van der Waals surface area (Å²) in [5.41, 5.74) is -0.153. The fourth-order valence-corrected chi connectivity index (χ4v) is 3.69. The van der Waals surface area contributed by atoms with Gasteiger partial charge in [0.2, 0.25) is 0 Å². The zero-order valence-electron chi connectivity index (χ0n) is 14.3. The largest absolute Gasteiger partial charge is 0.610 e. The van der Waals surface area contributed by atoms with E-state index in [1.54, 1.807) is 30.2 Å². The van der Waals surface area contributed by atoms with Crippen molar-refractivity contribution in [2.24, 2.45) is 14.1 Å². The lowest BCUT2D eigenvalue weighted by Crippen LogP contribution is -2.11. The Hall–Kier alpha value is -2.33. The summed E-state index contributed by atoms with van der Waals surface area (Å²) in [7, 11) is 3.34. The molecular weight excluding hydrogens is 367 g/mol. The van der Waals surface area contributed by atoms with Gasteiger partial charge in [0.15, 0.2) is 17.2 Å². The highest BCUT2D eigenvalue weighted by Crippen LogP contribution is 2.33. The average Bonchev–Trinajstić information content (AvgIpc) is 3.10. The van der Waals surface area contributed by atoms with Crippen molar-refractivity contribution in [1.82, 2.24) is 24.1 Å². The molecular formula is C16H16F3N5OS. The minimum atomic E-state index is -4.51. The number of nitrogens with zero attached hydrogens (tertiary/aromatic N) is 5. The van der Waals surface area contributed by atoms with Gasteiger partial charge in [-0.3, -0.25) is 4.57 Å². The summed E-state index contributed by atoms with van der Waals surface area (Å²) in [6.07, 6.45) is -2.22. The van der Waals surface area contributed by atoms with E-state index < -0.39 is 22.9 Å². The molecule has 26 heavy (non-hydrogen) atoms. The van der Waals surface area contributed by atoms with Crippen molar-refractivity contribution in [2.45, 2.75) is 18.1 Å². The lowest BCUT2D eigenvalue weighted by atomic mass is 10.2. The van der Waals surface area contributed by atoms with E-state index in [0.717, 1.165) is 12.3 Å². The molecule has 1 unspecified atom stereocenters. The average molecular weight is 383 g/mol. The minimum Gasteiger partial charge on any atom is -0.610 e. The molecule has 0 aliphatic carbocycles. The molecule has 1 atom stereocenters. The molecule has 0 bridgehead atoms. The molecule has 6 nitrogen and oxygen atoms in total. The molecule has 0 aliphatic rings. The molecule has 0 spiro atoms. The molecule has 3 aromatic rings. The highest BCUT2D eigenvalue weighted by atomic mass is 32.2. The summed E-state index contributed by atoms with van der Waals surface area (Å²) in [5, 5.41) is 0.442. The van der Waals surface area contributed by atoms with E-state index in [9.17, 15) is 17.7 Å². The Labute approximate surface area is 150 Å². The molecule has 138 valence electrons. The van der Waals surface area contributed by atoms with E-state index in [-0.39, 0.29) is 11.2 Å². The maximum absolute atomic E-state index is 12.9. The topological polar surface area (TPSA) is 71.6 Å². The van der Waals surface area contributed by atoms with Crippen molar-refractivity contribution in [3.8, 4) is 11.5 Å². The molecule has 0 aromatic carbocycles. The van der Waals surface area contributed by atoms with Gasteiger partial charge in [-0.05, 0) is 19.1 Å². The quantitative estimate of drug-likeness (QED) is 0.649. The highest BCUT2D eigenvalue weighted by molar-refractivity contribution is 7.91. The van der Waals surface area contributed by atoms with Gasteiger partial charge in [0, 0.05) is 31.5 Å². The van der Waals surface area contributed by atoms with E-state index in [2.05, 4.69) is 21.5 Å². The van der Waals surface area contributed by atoms with E-state index in [4.69, 9.17) is 0 Å². The van der Waals surface area contributed by atoms with E-state index in [1.165, 1.54) is 6.08 Å². The first-order valence-electron chi connectivity index (χ1n) is 7.66. The molecule has 0 saturated carbocycles. The second kappa shape index (κ2) is 6.44. The smallest absolute Gasteiger partial charge is 0.417 e. The lowest BCUT2D eigenvalue weighted by molar-refractivity contribution is -0.137. The number of pyridine rings is 1. The van der Waals surface area contributed by atoms with Crippen LogP contribution in [0.1, 0.15) is 18.3 Å². The maximum Gasteiger partial charge on any atom is 0.417 e.